The van der Waals surface area contributed by atoms with Crippen molar-refractivity contribution in [1.82, 2.24) is 0 Å². The molecule has 1 aromatic rings. The van der Waals surface area contributed by atoms with E-state index in [1.165, 1.54) is 32.1 Å². The van der Waals surface area contributed by atoms with Crippen LogP contribution in [0.3, 0.4) is 0 Å². The number of allylic oxidation sites excluding steroid dienone is 3. The van der Waals surface area contributed by atoms with E-state index in [1.54, 1.807) is 12.1 Å². The monoisotopic (exact) mass is 346 g/mol. The van der Waals surface area contributed by atoms with Crippen molar-refractivity contribution in [3.8, 4) is 0 Å². The van der Waals surface area contributed by atoms with Gasteiger partial charge in [-0.3, -0.25) is 0 Å². The van der Waals surface area contributed by atoms with Crippen molar-refractivity contribution in [3.63, 3.8) is 0 Å². The summed E-state index contributed by atoms with van der Waals surface area (Å²) in [5, 5.41) is 0. The molecule has 138 valence electrons. The van der Waals surface area contributed by atoms with E-state index in [0.717, 1.165) is 37.7 Å². The van der Waals surface area contributed by atoms with Crippen molar-refractivity contribution < 1.29 is 8.78 Å². The molecule has 0 aliphatic heterocycles. The number of aryl methyl sites for hydroxylation is 1. The number of benzene rings is 1. The van der Waals surface area contributed by atoms with Crippen LogP contribution in [0.2, 0.25) is 0 Å². The van der Waals surface area contributed by atoms with E-state index in [9.17, 15) is 8.78 Å². The van der Waals surface area contributed by atoms with E-state index in [4.69, 9.17) is 0 Å². The molecule has 1 aromatic carbocycles. The first-order valence-electron chi connectivity index (χ1n) is 9.94. The standard InChI is InChI=1S/C23H32F2/c1-3-5-6-7-8-9-11-18-12-14-19(15-13-18)21-17-16-20(10-4-2)22(24)23(21)25/h3,14,16-18H,1,4-13,15H2,2H3. The van der Waals surface area contributed by atoms with Crippen molar-refractivity contribution >= 4 is 5.57 Å². The first-order valence-corrected chi connectivity index (χ1v) is 9.94. The smallest absolute Gasteiger partial charge is 0.166 e. The minimum absolute atomic E-state index is 0.472. The average Bonchev–Trinajstić information content (AvgIpc) is 2.63. The van der Waals surface area contributed by atoms with Crippen LogP contribution in [-0.4, -0.2) is 0 Å². The average molecular weight is 347 g/mol. The van der Waals surface area contributed by atoms with Gasteiger partial charge in [-0.1, -0.05) is 63.3 Å². The van der Waals surface area contributed by atoms with Gasteiger partial charge in [0.2, 0.25) is 0 Å². The molecular formula is C23H32F2. The largest absolute Gasteiger partial charge is 0.203 e. The van der Waals surface area contributed by atoms with E-state index in [-0.39, 0.29) is 0 Å². The molecule has 1 aliphatic rings. The highest BCUT2D eigenvalue weighted by molar-refractivity contribution is 5.67. The zero-order valence-corrected chi connectivity index (χ0v) is 15.6. The van der Waals surface area contributed by atoms with Gasteiger partial charge >= 0.3 is 0 Å². The molecule has 0 heterocycles. The molecule has 0 bridgehead atoms. The predicted octanol–water partition coefficient (Wildman–Crippen LogP) is 7.63. The summed E-state index contributed by atoms with van der Waals surface area (Å²) in [6.45, 7) is 5.73. The Morgan fingerprint density at radius 3 is 2.60 bits per heavy atom. The number of hydrogen-bond donors (Lipinski definition) is 0. The highest BCUT2D eigenvalue weighted by Crippen LogP contribution is 2.35. The first kappa shape index (κ1) is 19.9. The Morgan fingerprint density at radius 1 is 1.12 bits per heavy atom. The molecule has 0 nitrogen and oxygen atoms in total. The molecule has 0 spiro atoms. The molecule has 1 atom stereocenters. The Hall–Kier alpha value is -1.44. The second kappa shape index (κ2) is 10.5. The fourth-order valence-electron chi connectivity index (χ4n) is 3.77. The van der Waals surface area contributed by atoms with Crippen LogP contribution < -0.4 is 0 Å². The molecule has 0 saturated carbocycles. The summed E-state index contributed by atoms with van der Waals surface area (Å²) < 4.78 is 28.6. The fourth-order valence-corrected chi connectivity index (χ4v) is 3.77. The van der Waals surface area contributed by atoms with Crippen LogP contribution in [0.15, 0.2) is 30.9 Å². The van der Waals surface area contributed by atoms with Gasteiger partial charge in [0.1, 0.15) is 0 Å². The summed E-state index contributed by atoms with van der Waals surface area (Å²) in [7, 11) is 0. The molecule has 0 radical (unpaired) electrons. The van der Waals surface area contributed by atoms with Gasteiger partial charge in [0.15, 0.2) is 11.6 Å². The van der Waals surface area contributed by atoms with Gasteiger partial charge in [-0.15, -0.1) is 6.58 Å². The Bertz CT molecular complexity index is 586. The number of hydrogen-bond acceptors (Lipinski definition) is 0. The molecule has 25 heavy (non-hydrogen) atoms. The Labute approximate surface area is 152 Å². The third-order valence-electron chi connectivity index (χ3n) is 5.32. The Kier molecular flexibility index (Phi) is 8.37. The molecular weight excluding hydrogens is 314 g/mol. The van der Waals surface area contributed by atoms with Crippen LogP contribution in [0, 0.1) is 17.6 Å². The van der Waals surface area contributed by atoms with Crippen LogP contribution in [0.5, 0.6) is 0 Å². The third kappa shape index (κ3) is 5.80. The lowest BCUT2D eigenvalue weighted by Gasteiger charge is -2.22. The first-order chi connectivity index (χ1) is 12.2. The summed E-state index contributed by atoms with van der Waals surface area (Å²) in [4.78, 5) is 0. The van der Waals surface area contributed by atoms with Crippen molar-refractivity contribution in [3.05, 3.63) is 53.6 Å². The third-order valence-corrected chi connectivity index (χ3v) is 5.32. The zero-order chi connectivity index (χ0) is 18.1. The molecule has 1 aliphatic carbocycles. The topological polar surface area (TPSA) is 0 Å². The number of halogens is 2. The summed E-state index contributed by atoms with van der Waals surface area (Å²) in [6.07, 6.45) is 16.0. The van der Waals surface area contributed by atoms with E-state index < -0.39 is 11.6 Å². The summed E-state index contributed by atoms with van der Waals surface area (Å²) in [5.41, 5.74) is 1.95. The molecule has 0 N–H and O–H groups in total. The Morgan fingerprint density at radius 2 is 1.92 bits per heavy atom. The normalized spacial score (nSPS) is 17.4. The highest BCUT2D eigenvalue weighted by atomic mass is 19.2. The van der Waals surface area contributed by atoms with E-state index in [1.807, 2.05) is 13.0 Å². The SMILES string of the molecule is C=CCCCCCCC1CC=C(c2ccc(CCC)c(F)c2F)CC1. The highest BCUT2D eigenvalue weighted by Gasteiger charge is 2.20. The lowest BCUT2D eigenvalue weighted by atomic mass is 9.83. The second-order valence-electron chi connectivity index (χ2n) is 7.30. The Balaban J connectivity index is 1.86. The van der Waals surface area contributed by atoms with Crippen molar-refractivity contribution in [1.29, 1.82) is 0 Å². The zero-order valence-electron chi connectivity index (χ0n) is 15.6. The number of rotatable bonds is 10. The molecule has 0 amide bonds. The van der Waals surface area contributed by atoms with Crippen LogP contribution in [0.1, 0.15) is 82.3 Å². The molecule has 2 rings (SSSR count). The lowest BCUT2D eigenvalue weighted by Crippen LogP contribution is -2.07. The van der Waals surface area contributed by atoms with Crippen molar-refractivity contribution in [2.45, 2.75) is 77.6 Å². The fraction of sp³-hybridized carbons (Fsp3) is 0.565. The van der Waals surface area contributed by atoms with Gasteiger partial charge in [-0.25, -0.2) is 8.78 Å². The summed E-state index contributed by atoms with van der Waals surface area (Å²) >= 11 is 0. The van der Waals surface area contributed by atoms with Crippen LogP contribution >= 0.6 is 0 Å². The molecule has 2 heteroatoms. The molecule has 0 saturated heterocycles. The van der Waals surface area contributed by atoms with Gasteiger partial charge in [0, 0.05) is 5.56 Å². The van der Waals surface area contributed by atoms with Crippen LogP contribution in [-0.2, 0) is 6.42 Å². The van der Waals surface area contributed by atoms with Gasteiger partial charge in [-0.05, 0) is 55.6 Å². The molecule has 0 fully saturated rings. The van der Waals surface area contributed by atoms with Gasteiger partial charge < -0.3 is 0 Å². The summed E-state index contributed by atoms with van der Waals surface area (Å²) in [6, 6.07) is 3.53. The molecule has 0 aromatic heterocycles. The molecule has 1 unspecified atom stereocenters. The maximum atomic E-state index is 14.4. The predicted molar refractivity (Wildman–Crippen MR) is 104 cm³/mol. The maximum absolute atomic E-state index is 14.4. The van der Waals surface area contributed by atoms with Gasteiger partial charge in [-0.2, -0.15) is 0 Å². The quantitative estimate of drug-likeness (QED) is 0.302. The van der Waals surface area contributed by atoms with Gasteiger partial charge in [0.25, 0.3) is 0 Å². The van der Waals surface area contributed by atoms with Crippen molar-refractivity contribution in [2.24, 2.45) is 5.92 Å². The van der Waals surface area contributed by atoms with Gasteiger partial charge in [0.05, 0.1) is 0 Å². The maximum Gasteiger partial charge on any atom is 0.166 e. The van der Waals surface area contributed by atoms with E-state index in [2.05, 4.69) is 12.7 Å². The minimum Gasteiger partial charge on any atom is -0.203 e. The lowest BCUT2D eigenvalue weighted by molar-refractivity contribution is 0.423. The summed E-state index contributed by atoms with van der Waals surface area (Å²) in [5.74, 6) is -0.602. The second-order valence-corrected chi connectivity index (χ2v) is 7.30. The number of unbranched alkanes of at least 4 members (excludes halogenated alkanes) is 4. The van der Waals surface area contributed by atoms with Crippen LogP contribution in [0.4, 0.5) is 8.78 Å². The van der Waals surface area contributed by atoms with E-state index in [0.29, 0.717) is 23.5 Å². The van der Waals surface area contributed by atoms with Crippen molar-refractivity contribution in [2.75, 3.05) is 0 Å². The van der Waals surface area contributed by atoms with E-state index >= 15 is 0 Å². The van der Waals surface area contributed by atoms with Crippen LogP contribution in [0.25, 0.3) is 5.57 Å². The minimum atomic E-state index is -0.655.